The van der Waals surface area contributed by atoms with Crippen LogP contribution in [0, 0.1) is 5.82 Å². The number of nitrogens with two attached hydrogens (primary N) is 1. The largest absolute Gasteiger partial charge is 0.396 e. The number of anilines is 2. The van der Waals surface area contributed by atoms with Crippen LogP contribution in [0.25, 0.3) is 11.3 Å². The number of rotatable bonds is 3. The Morgan fingerprint density at radius 2 is 1.97 bits per heavy atom. The van der Waals surface area contributed by atoms with Crippen LogP contribution >= 0.6 is 0 Å². The van der Waals surface area contributed by atoms with E-state index in [0.29, 0.717) is 43.7 Å². The molecule has 0 atom stereocenters. The molecule has 2 amide bonds. The predicted molar refractivity (Wildman–Crippen MR) is 104 cm³/mol. The number of fused-ring (bicyclic) bond motifs is 1. The zero-order chi connectivity index (χ0) is 20.0. The molecule has 4 heterocycles. The lowest BCUT2D eigenvalue weighted by Crippen LogP contribution is -2.33. The van der Waals surface area contributed by atoms with E-state index in [0.717, 1.165) is 16.8 Å². The summed E-state index contributed by atoms with van der Waals surface area (Å²) in [4.78, 5) is 18.8. The predicted octanol–water partition coefficient (Wildman–Crippen LogP) is 2.79. The van der Waals surface area contributed by atoms with Gasteiger partial charge in [-0.2, -0.15) is 5.10 Å². The van der Waals surface area contributed by atoms with Crippen molar-refractivity contribution in [1.29, 1.82) is 0 Å². The number of benzene rings is 1. The summed E-state index contributed by atoms with van der Waals surface area (Å²) in [5.41, 5.74) is 9.61. The number of hydrogen-bond donors (Lipinski definition) is 2. The Morgan fingerprint density at radius 3 is 2.66 bits per heavy atom. The van der Waals surface area contributed by atoms with E-state index in [1.807, 2.05) is 10.9 Å². The van der Waals surface area contributed by atoms with Gasteiger partial charge in [-0.15, -0.1) is 0 Å². The zero-order valence-electron chi connectivity index (χ0n) is 15.5. The first-order valence-electron chi connectivity index (χ1n) is 9.30. The van der Waals surface area contributed by atoms with Crippen LogP contribution in [-0.4, -0.2) is 38.9 Å². The maximum atomic E-state index is 13.2. The minimum absolute atomic E-state index is 0.276. The number of nitrogens with zero attached hydrogens (tertiary/aromatic N) is 4. The molecular weight excluding hydrogens is 375 g/mol. The summed E-state index contributed by atoms with van der Waals surface area (Å²) in [6, 6.07) is 9.39. The fourth-order valence-electron chi connectivity index (χ4n) is 3.41. The van der Waals surface area contributed by atoms with Gasteiger partial charge in [0.1, 0.15) is 5.82 Å². The van der Waals surface area contributed by atoms with Crippen LogP contribution in [0.2, 0.25) is 0 Å². The van der Waals surface area contributed by atoms with Crippen molar-refractivity contribution in [2.75, 3.05) is 24.3 Å². The number of ether oxygens (including phenoxy) is 1. The molecule has 0 bridgehead atoms. The highest BCUT2D eigenvalue weighted by Gasteiger charge is 2.30. The summed E-state index contributed by atoms with van der Waals surface area (Å²) in [6.07, 6.45) is 1.98. The molecule has 0 saturated carbocycles. The highest BCUT2D eigenvalue weighted by molar-refractivity contribution is 5.92. The second-order valence-electron chi connectivity index (χ2n) is 7.20. The minimum atomic E-state index is -0.321. The average molecular weight is 394 g/mol. The quantitative estimate of drug-likeness (QED) is 0.712. The van der Waals surface area contributed by atoms with Crippen molar-refractivity contribution in [2.45, 2.75) is 19.1 Å². The van der Waals surface area contributed by atoms with Crippen LogP contribution < -0.4 is 11.1 Å². The molecule has 0 spiro atoms. The molecule has 29 heavy (non-hydrogen) atoms. The number of urea groups is 1. The van der Waals surface area contributed by atoms with Gasteiger partial charge in [0.05, 0.1) is 49.4 Å². The van der Waals surface area contributed by atoms with Gasteiger partial charge in [-0.05, 0) is 36.4 Å². The van der Waals surface area contributed by atoms with E-state index in [1.54, 1.807) is 29.2 Å². The van der Waals surface area contributed by atoms with Gasteiger partial charge in [-0.25, -0.2) is 14.2 Å². The molecule has 8 nitrogen and oxygen atoms in total. The third-order valence-corrected chi connectivity index (χ3v) is 5.17. The maximum absolute atomic E-state index is 13.2. The number of carbonyl (C=O) groups is 1. The fraction of sp³-hybridized carbons (Fsp3) is 0.250. The summed E-state index contributed by atoms with van der Waals surface area (Å²) in [5, 5.41) is 7.36. The van der Waals surface area contributed by atoms with E-state index >= 15 is 0 Å². The van der Waals surface area contributed by atoms with E-state index in [4.69, 9.17) is 10.5 Å². The molecule has 2 aromatic heterocycles. The number of carbonyl (C=O) groups excluding carboxylic acids is 1. The van der Waals surface area contributed by atoms with Crippen LogP contribution in [0.5, 0.6) is 0 Å². The third kappa shape index (κ3) is 3.29. The number of amides is 2. The second kappa shape index (κ2) is 6.85. The van der Waals surface area contributed by atoms with Gasteiger partial charge < -0.3 is 15.4 Å². The highest BCUT2D eigenvalue weighted by Crippen LogP contribution is 2.27. The monoisotopic (exact) mass is 394 g/mol. The molecule has 9 heteroatoms. The van der Waals surface area contributed by atoms with Crippen LogP contribution in [0.3, 0.4) is 0 Å². The molecule has 0 aliphatic carbocycles. The summed E-state index contributed by atoms with van der Waals surface area (Å²) in [5.74, 6) is -0.0454. The molecule has 1 fully saturated rings. The molecule has 1 aromatic carbocycles. The Bertz CT molecular complexity index is 1050. The molecule has 2 aliphatic heterocycles. The van der Waals surface area contributed by atoms with Crippen LogP contribution in [0.4, 0.5) is 20.7 Å². The molecule has 3 aromatic rings. The molecular formula is C20H19FN6O2. The van der Waals surface area contributed by atoms with Gasteiger partial charge in [-0.3, -0.25) is 10.00 Å². The first kappa shape index (κ1) is 17.6. The normalized spacial score (nSPS) is 15.8. The van der Waals surface area contributed by atoms with E-state index < -0.39 is 0 Å². The van der Waals surface area contributed by atoms with Crippen molar-refractivity contribution in [3.8, 4) is 11.3 Å². The second-order valence-corrected chi connectivity index (χ2v) is 7.20. The SMILES string of the molecule is Nc1ccc(-c2ccc(F)cc2)nc1NC(=O)N1Cc2cn(C3COC3)nc2C1. The molecule has 3 N–H and O–H groups in total. The molecule has 148 valence electrons. The van der Waals surface area contributed by atoms with Crippen LogP contribution in [0.1, 0.15) is 17.3 Å². The molecule has 1 saturated heterocycles. The number of nitrogen functional groups attached to an aromatic ring is 1. The topological polar surface area (TPSA) is 98.3 Å². The first-order chi connectivity index (χ1) is 14.1. The van der Waals surface area contributed by atoms with Gasteiger partial charge in [0.15, 0.2) is 5.82 Å². The summed E-state index contributed by atoms with van der Waals surface area (Å²) >= 11 is 0. The van der Waals surface area contributed by atoms with Crippen molar-refractivity contribution in [1.82, 2.24) is 19.7 Å². The third-order valence-electron chi connectivity index (χ3n) is 5.17. The van der Waals surface area contributed by atoms with Gasteiger partial charge in [-0.1, -0.05) is 0 Å². The van der Waals surface area contributed by atoms with Gasteiger partial charge >= 0.3 is 6.03 Å². The zero-order valence-corrected chi connectivity index (χ0v) is 15.5. The molecule has 0 radical (unpaired) electrons. The summed E-state index contributed by atoms with van der Waals surface area (Å²) in [7, 11) is 0. The van der Waals surface area contributed by atoms with E-state index in [9.17, 15) is 9.18 Å². The Kier molecular flexibility index (Phi) is 4.17. The highest BCUT2D eigenvalue weighted by atomic mass is 19.1. The van der Waals surface area contributed by atoms with Crippen LogP contribution in [0.15, 0.2) is 42.6 Å². The molecule has 5 rings (SSSR count). The van der Waals surface area contributed by atoms with Crippen molar-refractivity contribution >= 4 is 17.5 Å². The Labute approximate surface area is 166 Å². The van der Waals surface area contributed by atoms with Crippen LogP contribution in [-0.2, 0) is 17.8 Å². The van der Waals surface area contributed by atoms with E-state index in [1.165, 1.54) is 12.1 Å². The lowest BCUT2D eigenvalue weighted by Gasteiger charge is -2.26. The van der Waals surface area contributed by atoms with Crippen molar-refractivity contribution in [3.63, 3.8) is 0 Å². The molecule has 0 unspecified atom stereocenters. The fourth-order valence-corrected chi connectivity index (χ4v) is 3.41. The average Bonchev–Trinajstić information content (AvgIpc) is 3.22. The van der Waals surface area contributed by atoms with Gasteiger partial charge in [0.2, 0.25) is 0 Å². The van der Waals surface area contributed by atoms with Crippen molar-refractivity contribution in [3.05, 3.63) is 59.7 Å². The summed E-state index contributed by atoms with van der Waals surface area (Å²) in [6.45, 7) is 2.27. The van der Waals surface area contributed by atoms with E-state index in [-0.39, 0.29) is 17.7 Å². The smallest absolute Gasteiger partial charge is 0.323 e. The Balaban J connectivity index is 1.29. The van der Waals surface area contributed by atoms with E-state index in [2.05, 4.69) is 15.4 Å². The standard InChI is InChI=1S/C20H19FN6O2/c21-14-3-1-12(2-4-14)17-6-5-16(22)19(23-17)24-20(28)26-7-13-8-27(15-10-29-11-15)25-18(13)9-26/h1-6,8,15H,7,9-11,22H2,(H,23,24,28). The minimum Gasteiger partial charge on any atom is -0.396 e. The van der Waals surface area contributed by atoms with Gasteiger partial charge in [0, 0.05) is 17.3 Å². The Morgan fingerprint density at radius 1 is 1.17 bits per heavy atom. The number of halogens is 1. The number of aromatic nitrogens is 3. The lowest BCUT2D eigenvalue weighted by molar-refractivity contribution is -0.0289. The van der Waals surface area contributed by atoms with Crippen molar-refractivity contribution < 1.29 is 13.9 Å². The number of nitrogens with one attached hydrogen (secondary N) is 1. The summed E-state index contributed by atoms with van der Waals surface area (Å²) < 4.78 is 20.3. The lowest BCUT2D eigenvalue weighted by atomic mass is 10.1. The Hall–Kier alpha value is -3.46. The van der Waals surface area contributed by atoms with Gasteiger partial charge in [0.25, 0.3) is 0 Å². The number of pyridine rings is 1. The first-order valence-corrected chi connectivity index (χ1v) is 9.30. The number of hydrogen-bond acceptors (Lipinski definition) is 5. The van der Waals surface area contributed by atoms with Crippen molar-refractivity contribution in [2.24, 2.45) is 0 Å². The molecule has 2 aliphatic rings. The maximum Gasteiger partial charge on any atom is 0.323 e.